The Balaban J connectivity index is 1.67. The quantitative estimate of drug-likeness (QED) is 0.909. The van der Waals surface area contributed by atoms with E-state index in [0.717, 1.165) is 5.56 Å². The van der Waals surface area contributed by atoms with Crippen LogP contribution in [0.25, 0.3) is 0 Å². The van der Waals surface area contributed by atoms with E-state index in [4.69, 9.17) is 0 Å². The topological polar surface area (TPSA) is 60.9 Å². The van der Waals surface area contributed by atoms with Crippen LogP contribution in [0.3, 0.4) is 0 Å². The molecule has 0 radical (unpaired) electrons. The molecule has 2 heterocycles. The number of amides is 2. The van der Waals surface area contributed by atoms with Crippen LogP contribution in [0.4, 0.5) is 10.1 Å². The lowest BCUT2D eigenvalue weighted by molar-refractivity contribution is -0.130. The van der Waals surface area contributed by atoms with Crippen LogP contribution in [-0.2, 0) is 16.0 Å². The van der Waals surface area contributed by atoms with Crippen molar-refractivity contribution in [2.24, 2.45) is 0 Å². The molecule has 2 aliphatic heterocycles. The number of carbonyl (C=O) groups excluding carboxylic acids is 2. The molecule has 1 aromatic carbocycles. The number of anilines is 1. The molecule has 0 bridgehead atoms. The van der Waals surface area contributed by atoms with Gasteiger partial charge in [-0.25, -0.2) is 4.39 Å². The number of hydrogen-bond donors (Lipinski definition) is 1. The third-order valence-corrected chi connectivity index (χ3v) is 4.31. The van der Waals surface area contributed by atoms with Gasteiger partial charge in [-0.1, -0.05) is 0 Å². The molecule has 0 aromatic heterocycles. The number of benzene rings is 1. The van der Waals surface area contributed by atoms with E-state index in [1.807, 2.05) is 0 Å². The second kappa shape index (κ2) is 6.04. The molecule has 1 saturated heterocycles. The van der Waals surface area contributed by atoms with Crippen molar-refractivity contribution in [3.05, 3.63) is 29.6 Å². The van der Waals surface area contributed by atoms with E-state index in [1.165, 1.54) is 12.1 Å². The number of hydrogen-bond acceptors (Lipinski definition) is 3. The zero-order chi connectivity index (χ0) is 15.7. The van der Waals surface area contributed by atoms with Gasteiger partial charge < -0.3 is 14.9 Å². The highest BCUT2D eigenvalue weighted by Gasteiger charge is 2.28. The zero-order valence-electron chi connectivity index (χ0n) is 12.3. The van der Waals surface area contributed by atoms with Crippen LogP contribution in [0.1, 0.15) is 24.8 Å². The molecule has 6 heteroatoms. The smallest absolute Gasteiger partial charge is 0.227 e. The lowest BCUT2D eigenvalue weighted by atomic mass is 10.0. The zero-order valence-corrected chi connectivity index (χ0v) is 12.3. The number of halogens is 1. The fraction of sp³-hybridized carbons (Fsp3) is 0.500. The largest absolute Gasteiger partial charge is 0.391 e. The Bertz CT molecular complexity index is 605. The van der Waals surface area contributed by atoms with Crippen molar-refractivity contribution in [3.63, 3.8) is 0 Å². The lowest BCUT2D eigenvalue weighted by Gasteiger charge is -2.29. The minimum Gasteiger partial charge on any atom is -0.391 e. The molecule has 1 atom stereocenters. The maximum atomic E-state index is 13.3. The summed E-state index contributed by atoms with van der Waals surface area (Å²) in [5, 5.41) is 9.47. The maximum Gasteiger partial charge on any atom is 0.227 e. The summed E-state index contributed by atoms with van der Waals surface area (Å²) in [6.45, 7) is 1.23. The fourth-order valence-electron chi connectivity index (χ4n) is 3.11. The molecule has 5 nitrogen and oxygen atoms in total. The van der Waals surface area contributed by atoms with Crippen LogP contribution < -0.4 is 4.90 Å². The molecule has 1 fully saturated rings. The average Bonchev–Trinajstić information content (AvgIpc) is 2.93. The molecular weight excluding hydrogens is 287 g/mol. The second-order valence-electron chi connectivity index (χ2n) is 5.85. The fourth-order valence-corrected chi connectivity index (χ4v) is 3.11. The monoisotopic (exact) mass is 306 g/mol. The van der Waals surface area contributed by atoms with Crippen molar-refractivity contribution in [2.75, 3.05) is 24.5 Å². The minimum atomic E-state index is -0.440. The Morgan fingerprint density at radius 2 is 2.18 bits per heavy atom. The van der Waals surface area contributed by atoms with Crippen LogP contribution in [0.2, 0.25) is 0 Å². The third kappa shape index (κ3) is 2.97. The van der Waals surface area contributed by atoms with E-state index < -0.39 is 6.10 Å². The van der Waals surface area contributed by atoms with Crippen LogP contribution in [0.15, 0.2) is 18.2 Å². The Hall–Kier alpha value is -1.95. The number of nitrogens with zero attached hydrogens (tertiary/aromatic N) is 2. The van der Waals surface area contributed by atoms with Crippen LogP contribution >= 0.6 is 0 Å². The van der Waals surface area contributed by atoms with Crippen LogP contribution in [0.5, 0.6) is 0 Å². The summed E-state index contributed by atoms with van der Waals surface area (Å²) in [5.41, 5.74) is 1.51. The van der Waals surface area contributed by atoms with Crippen molar-refractivity contribution in [1.82, 2.24) is 4.90 Å². The van der Waals surface area contributed by atoms with Gasteiger partial charge in [-0.05, 0) is 36.6 Å². The lowest BCUT2D eigenvalue weighted by Crippen LogP contribution is -2.39. The molecule has 2 aliphatic rings. The van der Waals surface area contributed by atoms with Crippen molar-refractivity contribution in [2.45, 2.75) is 31.8 Å². The minimum absolute atomic E-state index is 0.0339. The Kier molecular flexibility index (Phi) is 4.11. The number of aliphatic hydroxyl groups is 1. The maximum absolute atomic E-state index is 13.3. The number of rotatable bonds is 3. The number of carbonyl (C=O) groups is 2. The first-order valence-corrected chi connectivity index (χ1v) is 7.59. The van der Waals surface area contributed by atoms with Crippen molar-refractivity contribution >= 4 is 17.5 Å². The first-order chi connectivity index (χ1) is 10.5. The molecular formula is C16H19FN2O3. The summed E-state index contributed by atoms with van der Waals surface area (Å²) in [4.78, 5) is 27.4. The average molecular weight is 306 g/mol. The molecule has 118 valence electrons. The highest BCUT2D eigenvalue weighted by Crippen LogP contribution is 2.28. The molecule has 2 amide bonds. The Morgan fingerprint density at radius 1 is 1.36 bits per heavy atom. The first-order valence-electron chi connectivity index (χ1n) is 7.59. The van der Waals surface area contributed by atoms with Gasteiger partial charge in [-0.15, -0.1) is 0 Å². The SMILES string of the molecule is O=C(CCN1C(=O)CCc2cc(F)ccc21)N1CC[C@@H](O)C1. The summed E-state index contributed by atoms with van der Waals surface area (Å²) in [5.74, 6) is -0.401. The highest BCUT2D eigenvalue weighted by molar-refractivity contribution is 5.97. The predicted molar refractivity (Wildman–Crippen MR) is 78.9 cm³/mol. The summed E-state index contributed by atoms with van der Waals surface area (Å²) >= 11 is 0. The van der Waals surface area contributed by atoms with Gasteiger partial charge >= 0.3 is 0 Å². The van der Waals surface area contributed by atoms with Crippen molar-refractivity contribution < 1.29 is 19.1 Å². The molecule has 0 aliphatic carbocycles. The number of likely N-dealkylation sites (tertiary alicyclic amines) is 1. The highest BCUT2D eigenvalue weighted by atomic mass is 19.1. The molecule has 22 heavy (non-hydrogen) atoms. The van der Waals surface area contributed by atoms with Gasteiger partial charge in [0.15, 0.2) is 0 Å². The number of aryl methyl sites for hydroxylation is 1. The molecule has 0 spiro atoms. The Morgan fingerprint density at radius 3 is 2.91 bits per heavy atom. The summed E-state index contributed by atoms with van der Waals surface area (Å²) in [7, 11) is 0. The van der Waals surface area contributed by atoms with Gasteiger partial charge in [0, 0.05) is 38.2 Å². The van der Waals surface area contributed by atoms with Gasteiger partial charge in [0.1, 0.15) is 5.82 Å². The van der Waals surface area contributed by atoms with Gasteiger partial charge in [0.2, 0.25) is 11.8 Å². The van der Waals surface area contributed by atoms with E-state index in [-0.39, 0.29) is 24.1 Å². The molecule has 1 aromatic rings. The molecule has 1 N–H and O–H groups in total. The number of aliphatic hydroxyl groups excluding tert-OH is 1. The number of fused-ring (bicyclic) bond motifs is 1. The summed E-state index contributed by atoms with van der Waals surface area (Å²) in [6, 6.07) is 4.39. The van der Waals surface area contributed by atoms with E-state index in [9.17, 15) is 19.1 Å². The van der Waals surface area contributed by atoms with Crippen LogP contribution in [0, 0.1) is 5.82 Å². The summed E-state index contributed by atoms with van der Waals surface area (Å²) < 4.78 is 13.3. The van der Waals surface area contributed by atoms with Gasteiger partial charge in [-0.2, -0.15) is 0 Å². The van der Waals surface area contributed by atoms with E-state index in [0.29, 0.717) is 44.6 Å². The summed E-state index contributed by atoms with van der Waals surface area (Å²) in [6.07, 6.45) is 1.26. The van der Waals surface area contributed by atoms with Gasteiger partial charge in [0.05, 0.1) is 6.10 Å². The molecule has 0 unspecified atom stereocenters. The normalized spacial score (nSPS) is 21.2. The molecule has 3 rings (SSSR count). The standard InChI is InChI=1S/C16H19FN2O3/c17-12-2-3-14-11(9-12)1-4-16(22)19(14)8-6-15(21)18-7-5-13(20)10-18/h2-3,9,13,20H,1,4-8,10H2/t13-/m1/s1. The van der Waals surface area contributed by atoms with Gasteiger partial charge in [0.25, 0.3) is 0 Å². The van der Waals surface area contributed by atoms with Crippen molar-refractivity contribution in [3.8, 4) is 0 Å². The van der Waals surface area contributed by atoms with E-state index >= 15 is 0 Å². The molecule has 0 saturated carbocycles. The van der Waals surface area contributed by atoms with E-state index in [1.54, 1.807) is 15.9 Å². The van der Waals surface area contributed by atoms with Crippen molar-refractivity contribution in [1.29, 1.82) is 0 Å². The number of β-amino-alcohol motifs (C(OH)–C–C–N with tert-alkyl or cyclic N) is 1. The Labute approximate surface area is 128 Å². The van der Waals surface area contributed by atoms with Crippen LogP contribution in [-0.4, -0.2) is 47.6 Å². The van der Waals surface area contributed by atoms with E-state index in [2.05, 4.69) is 0 Å². The third-order valence-electron chi connectivity index (χ3n) is 4.31. The van der Waals surface area contributed by atoms with Gasteiger partial charge in [-0.3, -0.25) is 9.59 Å². The second-order valence-corrected chi connectivity index (χ2v) is 5.85. The predicted octanol–water partition coefficient (Wildman–Crippen LogP) is 1.09. The first kappa shape index (κ1) is 15.0.